The second-order valence-corrected chi connectivity index (χ2v) is 6.10. The van der Waals surface area contributed by atoms with Gasteiger partial charge in [0.05, 0.1) is 12.8 Å². The highest BCUT2D eigenvalue weighted by Crippen LogP contribution is 2.18. The second-order valence-electron chi connectivity index (χ2n) is 6.10. The maximum absolute atomic E-state index is 12.4. The van der Waals surface area contributed by atoms with Crippen molar-refractivity contribution in [2.75, 3.05) is 13.7 Å². The van der Waals surface area contributed by atoms with Gasteiger partial charge in [-0.05, 0) is 43.4 Å². The molecule has 0 aliphatic carbocycles. The molecule has 0 aliphatic rings. The molecule has 5 nitrogen and oxygen atoms in total. The van der Waals surface area contributed by atoms with Crippen LogP contribution in [0.25, 0.3) is 0 Å². The highest BCUT2D eigenvalue weighted by Gasteiger charge is 2.15. The van der Waals surface area contributed by atoms with Crippen LogP contribution >= 0.6 is 0 Å². The molecule has 0 bridgehead atoms. The van der Waals surface area contributed by atoms with Crippen LogP contribution in [0.5, 0.6) is 5.75 Å². The van der Waals surface area contributed by atoms with E-state index in [-0.39, 0.29) is 5.91 Å². The summed E-state index contributed by atoms with van der Waals surface area (Å²) in [4.78, 5) is 12.4. The number of aromatic nitrogens is 2. The number of hydrogen-bond acceptors (Lipinski definition) is 3. The molecule has 5 heteroatoms. The molecule has 1 N–H and O–H groups in total. The van der Waals surface area contributed by atoms with Gasteiger partial charge in [-0.3, -0.25) is 9.48 Å². The Morgan fingerprint density at radius 2 is 2.08 bits per heavy atom. The third-order valence-corrected chi connectivity index (χ3v) is 4.02. The highest BCUT2D eigenvalue weighted by atomic mass is 16.5. The van der Waals surface area contributed by atoms with E-state index in [1.165, 1.54) is 0 Å². The van der Waals surface area contributed by atoms with Crippen LogP contribution in [0.3, 0.4) is 0 Å². The second kappa shape index (κ2) is 8.52. The normalized spacial score (nSPS) is 10.9. The zero-order chi connectivity index (χ0) is 17.5. The quantitative estimate of drug-likeness (QED) is 0.755. The fraction of sp³-hybridized carbons (Fsp3) is 0.474. The van der Waals surface area contributed by atoms with E-state index in [4.69, 9.17) is 4.74 Å². The topological polar surface area (TPSA) is 56.2 Å². The maximum Gasteiger partial charge on any atom is 0.269 e. The molecule has 0 fully saturated rings. The predicted octanol–water partition coefficient (Wildman–Crippen LogP) is 3.40. The van der Waals surface area contributed by atoms with Gasteiger partial charge in [-0.2, -0.15) is 5.10 Å². The number of carbonyl (C=O) groups excluding carboxylic acids is 1. The number of nitrogens with zero attached hydrogens (tertiary/aromatic N) is 2. The molecule has 0 spiro atoms. The van der Waals surface area contributed by atoms with Crippen molar-refractivity contribution in [3.05, 3.63) is 47.3 Å². The molecule has 0 unspecified atom stereocenters. The fourth-order valence-electron chi connectivity index (χ4n) is 2.62. The molecule has 24 heavy (non-hydrogen) atoms. The lowest BCUT2D eigenvalue weighted by Gasteiger charge is -2.09. The Bertz CT molecular complexity index is 677. The molecule has 0 radical (unpaired) electrons. The number of carbonyl (C=O) groups is 1. The Morgan fingerprint density at radius 1 is 1.33 bits per heavy atom. The summed E-state index contributed by atoms with van der Waals surface area (Å²) in [6, 6.07) is 9.87. The smallest absolute Gasteiger partial charge is 0.269 e. The first kappa shape index (κ1) is 18.0. The molecule has 0 saturated carbocycles. The van der Waals surface area contributed by atoms with Crippen molar-refractivity contribution in [2.45, 2.75) is 46.1 Å². The average Bonchev–Trinajstić information content (AvgIpc) is 3.03. The number of hydrogen-bond donors (Lipinski definition) is 1. The van der Waals surface area contributed by atoms with Gasteiger partial charge in [0.15, 0.2) is 0 Å². The lowest BCUT2D eigenvalue weighted by Crippen LogP contribution is -2.27. The minimum Gasteiger partial charge on any atom is -0.496 e. The maximum atomic E-state index is 12.4. The van der Waals surface area contributed by atoms with Crippen LogP contribution in [-0.4, -0.2) is 29.3 Å². The van der Waals surface area contributed by atoms with E-state index in [1.54, 1.807) is 11.8 Å². The lowest BCUT2D eigenvalue weighted by molar-refractivity contribution is 0.0942. The Hall–Kier alpha value is -2.30. The molecule has 1 amide bonds. The summed E-state index contributed by atoms with van der Waals surface area (Å²) in [6.45, 7) is 7.48. The van der Waals surface area contributed by atoms with E-state index in [0.717, 1.165) is 29.8 Å². The predicted molar refractivity (Wildman–Crippen MR) is 95.6 cm³/mol. The molecule has 1 heterocycles. The summed E-state index contributed by atoms with van der Waals surface area (Å²) in [5, 5.41) is 7.48. The first-order valence-electron chi connectivity index (χ1n) is 8.54. The molecule has 1 aromatic heterocycles. The summed E-state index contributed by atoms with van der Waals surface area (Å²) in [5.41, 5.74) is 2.75. The molecule has 130 valence electrons. The van der Waals surface area contributed by atoms with Crippen LogP contribution in [0, 0.1) is 0 Å². The molecule has 0 aliphatic heterocycles. The van der Waals surface area contributed by atoms with Crippen molar-refractivity contribution in [3.8, 4) is 5.75 Å². The summed E-state index contributed by atoms with van der Waals surface area (Å²) >= 11 is 0. The number of para-hydroxylation sites is 1. The lowest BCUT2D eigenvalue weighted by atomic mass is 10.1. The molecule has 0 atom stereocenters. The van der Waals surface area contributed by atoms with Gasteiger partial charge in [0.2, 0.25) is 0 Å². The first-order valence-corrected chi connectivity index (χ1v) is 8.54. The van der Waals surface area contributed by atoms with Crippen LogP contribution in [0.2, 0.25) is 0 Å². The van der Waals surface area contributed by atoms with Crippen molar-refractivity contribution in [3.63, 3.8) is 0 Å². The van der Waals surface area contributed by atoms with E-state index in [9.17, 15) is 4.79 Å². The van der Waals surface area contributed by atoms with E-state index in [2.05, 4.69) is 30.3 Å². The average molecular weight is 329 g/mol. The van der Waals surface area contributed by atoms with Gasteiger partial charge >= 0.3 is 0 Å². The van der Waals surface area contributed by atoms with Crippen molar-refractivity contribution in [2.24, 2.45) is 0 Å². The molecule has 2 rings (SSSR count). The van der Waals surface area contributed by atoms with E-state index in [0.29, 0.717) is 24.7 Å². The first-order chi connectivity index (χ1) is 11.6. The summed E-state index contributed by atoms with van der Waals surface area (Å²) in [6.07, 6.45) is 1.73. The number of benzene rings is 1. The number of amides is 1. The Kier molecular flexibility index (Phi) is 6.41. The van der Waals surface area contributed by atoms with E-state index in [1.807, 2.05) is 31.2 Å². The van der Waals surface area contributed by atoms with Crippen molar-refractivity contribution in [1.29, 1.82) is 0 Å². The van der Waals surface area contributed by atoms with Crippen LogP contribution in [0.1, 0.15) is 54.9 Å². The number of nitrogens with one attached hydrogen (secondary N) is 1. The number of ether oxygens (including phenoxy) is 1. The summed E-state index contributed by atoms with van der Waals surface area (Å²) in [5.74, 6) is 1.15. The molecule has 1 aromatic carbocycles. The number of methoxy groups -OCH3 is 1. The van der Waals surface area contributed by atoms with Crippen molar-refractivity contribution in [1.82, 2.24) is 15.1 Å². The Morgan fingerprint density at radius 3 is 2.75 bits per heavy atom. The SMILES string of the molecule is CCn1nc(C(C)C)cc1C(=O)NCCCc1ccccc1OC. The van der Waals surface area contributed by atoms with E-state index < -0.39 is 0 Å². The minimum atomic E-state index is -0.0590. The monoisotopic (exact) mass is 329 g/mol. The van der Waals surface area contributed by atoms with E-state index >= 15 is 0 Å². The molecule has 2 aromatic rings. The van der Waals surface area contributed by atoms with Gasteiger partial charge in [0.1, 0.15) is 11.4 Å². The largest absolute Gasteiger partial charge is 0.496 e. The number of rotatable bonds is 8. The fourth-order valence-corrected chi connectivity index (χ4v) is 2.62. The van der Waals surface area contributed by atoms with Crippen LogP contribution in [0.4, 0.5) is 0 Å². The standard InChI is InChI=1S/C19H27N3O2/c1-5-22-17(13-16(21-22)14(2)3)19(23)20-12-8-10-15-9-6-7-11-18(15)24-4/h6-7,9,11,13-14H,5,8,10,12H2,1-4H3,(H,20,23). The molecular formula is C19H27N3O2. The van der Waals surface area contributed by atoms with Gasteiger partial charge in [-0.25, -0.2) is 0 Å². The Labute approximate surface area is 144 Å². The van der Waals surface area contributed by atoms with Crippen molar-refractivity contribution >= 4 is 5.91 Å². The zero-order valence-electron chi connectivity index (χ0n) is 15.0. The third kappa shape index (κ3) is 4.37. The summed E-state index contributed by atoms with van der Waals surface area (Å²) < 4.78 is 7.12. The minimum absolute atomic E-state index is 0.0590. The van der Waals surface area contributed by atoms with Crippen LogP contribution < -0.4 is 10.1 Å². The highest BCUT2D eigenvalue weighted by molar-refractivity contribution is 5.92. The third-order valence-electron chi connectivity index (χ3n) is 4.02. The van der Waals surface area contributed by atoms with Gasteiger partial charge < -0.3 is 10.1 Å². The van der Waals surface area contributed by atoms with Gasteiger partial charge in [-0.1, -0.05) is 32.0 Å². The van der Waals surface area contributed by atoms with Crippen LogP contribution in [-0.2, 0) is 13.0 Å². The Balaban J connectivity index is 1.89. The van der Waals surface area contributed by atoms with Gasteiger partial charge in [0, 0.05) is 13.1 Å². The van der Waals surface area contributed by atoms with Gasteiger partial charge in [-0.15, -0.1) is 0 Å². The molecule has 0 saturated heterocycles. The number of aryl methyl sites for hydroxylation is 2. The molecular weight excluding hydrogens is 302 g/mol. The zero-order valence-corrected chi connectivity index (χ0v) is 15.0. The van der Waals surface area contributed by atoms with Crippen molar-refractivity contribution < 1.29 is 9.53 Å². The van der Waals surface area contributed by atoms with Gasteiger partial charge in [0.25, 0.3) is 5.91 Å². The summed E-state index contributed by atoms with van der Waals surface area (Å²) in [7, 11) is 1.68. The van der Waals surface area contributed by atoms with Crippen LogP contribution in [0.15, 0.2) is 30.3 Å².